The van der Waals surface area contributed by atoms with E-state index in [-0.39, 0.29) is 0 Å². The van der Waals surface area contributed by atoms with E-state index in [9.17, 15) is 0 Å². The predicted octanol–water partition coefficient (Wildman–Crippen LogP) is 2.32. The third-order valence-corrected chi connectivity index (χ3v) is 2.92. The number of hydrogen-bond acceptors (Lipinski definition) is 4. The first-order valence-electron chi connectivity index (χ1n) is 5.39. The summed E-state index contributed by atoms with van der Waals surface area (Å²) in [6, 6.07) is 7.89. The smallest absolute Gasteiger partial charge is 0.152 e. The molecule has 0 spiro atoms. The number of allylic oxidation sites excluding steroid dienone is 1. The number of fused-ring (bicyclic) bond motifs is 1. The van der Waals surface area contributed by atoms with Gasteiger partial charge in [-0.05, 0) is 36.1 Å². The molecule has 4 nitrogen and oxygen atoms in total. The van der Waals surface area contributed by atoms with Crippen LogP contribution in [0, 0.1) is 11.3 Å². The number of rotatable bonds is 1. The van der Waals surface area contributed by atoms with Gasteiger partial charge >= 0.3 is 0 Å². The number of hydrogen-bond donors (Lipinski definition) is 0. The van der Waals surface area contributed by atoms with E-state index in [1.54, 1.807) is 6.26 Å². The molecule has 1 aliphatic carbocycles. The molecule has 4 heteroatoms. The van der Waals surface area contributed by atoms with Crippen molar-refractivity contribution in [1.82, 2.24) is 10.4 Å². The fraction of sp³-hybridized carbons (Fsp3) is 0.154. The molecule has 1 aliphatic rings. The molecule has 0 aliphatic heterocycles. The summed E-state index contributed by atoms with van der Waals surface area (Å²) in [5, 5.41) is 16.3. The molecule has 0 fully saturated rings. The van der Waals surface area contributed by atoms with Crippen molar-refractivity contribution >= 4 is 5.57 Å². The van der Waals surface area contributed by atoms with E-state index >= 15 is 0 Å². The van der Waals surface area contributed by atoms with Crippen molar-refractivity contribution in [1.29, 1.82) is 5.26 Å². The van der Waals surface area contributed by atoms with E-state index in [4.69, 9.17) is 9.78 Å². The van der Waals surface area contributed by atoms with Gasteiger partial charge in [0.05, 0.1) is 11.6 Å². The Morgan fingerprint density at radius 2 is 2.29 bits per heavy atom. The Morgan fingerprint density at radius 1 is 1.35 bits per heavy atom. The summed E-state index contributed by atoms with van der Waals surface area (Å²) in [7, 11) is 0. The minimum absolute atomic E-state index is 0.697. The average Bonchev–Trinajstić information content (AvgIpc) is 2.91. The van der Waals surface area contributed by atoms with Crippen molar-refractivity contribution in [3.05, 3.63) is 52.9 Å². The van der Waals surface area contributed by atoms with Crippen LogP contribution >= 0.6 is 0 Å². The van der Waals surface area contributed by atoms with E-state index in [2.05, 4.69) is 22.5 Å². The predicted molar refractivity (Wildman–Crippen MR) is 60.9 cm³/mol. The molecule has 1 heterocycles. The summed E-state index contributed by atoms with van der Waals surface area (Å²) >= 11 is 0. The second-order valence-corrected chi connectivity index (χ2v) is 3.93. The van der Waals surface area contributed by atoms with Crippen LogP contribution in [-0.4, -0.2) is 10.4 Å². The topological polar surface area (TPSA) is 62.7 Å². The molecule has 1 aromatic heterocycles. The second kappa shape index (κ2) is 3.87. The van der Waals surface area contributed by atoms with Crippen LogP contribution in [0.1, 0.15) is 28.8 Å². The van der Waals surface area contributed by atoms with E-state index in [1.807, 2.05) is 18.2 Å². The molecule has 3 rings (SSSR count). The molecule has 0 saturated carbocycles. The van der Waals surface area contributed by atoms with Gasteiger partial charge in [0.1, 0.15) is 5.69 Å². The maximum atomic E-state index is 8.89. The summed E-state index contributed by atoms with van der Waals surface area (Å²) in [4.78, 5) is 0. The third kappa shape index (κ3) is 1.62. The molecule has 2 aromatic rings. The number of benzene rings is 1. The number of aromatic nitrogens is 2. The number of aryl methyl sites for hydroxylation is 1. The molecule has 17 heavy (non-hydrogen) atoms. The largest absolute Gasteiger partial charge is 0.345 e. The average molecular weight is 223 g/mol. The van der Waals surface area contributed by atoms with Gasteiger partial charge in [-0.25, -0.2) is 0 Å². The van der Waals surface area contributed by atoms with Crippen LogP contribution in [0.2, 0.25) is 0 Å². The van der Waals surface area contributed by atoms with Gasteiger partial charge in [-0.1, -0.05) is 12.1 Å². The van der Waals surface area contributed by atoms with E-state index in [0.717, 1.165) is 29.7 Å². The molecular formula is C13H9N3O. The van der Waals surface area contributed by atoms with E-state index < -0.39 is 0 Å². The highest BCUT2D eigenvalue weighted by Crippen LogP contribution is 2.30. The first-order chi connectivity index (χ1) is 8.38. The summed E-state index contributed by atoms with van der Waals surface area (Å²) in [6.45, 7) is 0. The fourth-order valence-electron chi connectivity index (χ4n) is 2.14. The lowest BCUT2D eigenvalue weighted by molar-refractivity contribution is 0.393. The van der Waals surface area contributed by atoms with Crippen LogP contribution < -0.4 is 0 Å². The van der Waals surface area contributed by atoms with Crippen molar-refractivity contribution < 1.29 is 4.52 Å². The Hall–Kier alpha value is -2.41. The quantitative estimate of drug-likeness (QED) is 0.744. The van der Waals surface area contributed by atoms with Gasteiger partial charge in [-0.3, -0.25) is 0 Å². The van der Waals surface area contributed by atoms with Gasteiger partial charge in [0.25, 0.3) is 0 Å². The normalized spacial score (nSPS) is 13.7. The van der Waals surface area contributed by atoms with Crippen LogP contribution in [0.4, 0.5) is 0 Å². The van der Waals surface area contributed by atoms with Crippen LogP contribution in [0.5, 0.6) is 0 Å². The van der Waals surface area contributed by atoms with Crippen molar-refractivity contribution in [2.24, 2.45) is 0 Å². The zero-order valence-electron chi connectivity index (χ0n) is 9.05. The highest BCUT2D eigenvalue weighted by Gasteiger charge is 2.16. The lowest BCUT2D eigenvalue weighted by atomic mass is 9.88. The third-order valence-electron chi connectivity index (χ3n) is 2.92. The van der Waals surface area contributed by atoms with Crippen molar-refractivity contribution in [2.75, 3.05) is 0 Å². The molecular weight excluding hydrogens is 214 g/mol. The van der Waals surface area contributed by atoms with Crippen LogP contribution in [0.25, 0.3) is 5.57 Å². The Labute approximate surface area is 98.2 Å². The lowest BCUT2D eigenvalue weighted by Gasteiger charge is -2.15. The maximum absolute atomic E-state index is 8.89. The second-order valence-electron chi connectivity index (χ2n) is 3.93. The summed E-state index contributed by atoms with van der Waals surface area (Å²) in [6.07, 6.45) is 5.58. The van der Waals surface area contributed by atoms with Crippen molar-refractivity contribution in [3.63, 3.8) is 0 Å². The van der Waals surface area contributed by atoms with Crippen LogP contribution in [0.3, 0.4) is 0 Å². The first-order valence-corrected chi connectivity index (χ1v) is 5.39. The lowest BCUT2D eigenvalue weighted by Crippen LogP contribution is -2.01. The Morgan fingerprint density at radius 3 is 3.06 bits per heavy atom. The Balaban J connectivity index is 2.12. The standard InChI is InChI=1S/C13H9N3O/c14-7-9-4-5-11-10(6-9)2-1-3-12(11)13-8-17-16-15-13/h3-6,8H,1-2H2. The molecule has 1 aromatic carbocycles. The van der Waals surface area contributed by atoms with Gasteiger partial charge in [-0.2, -0.15) is 5.26 Å². The molecule has 0 amide bonds. The first kappa shape index (κ1) is 9.79. The van der Waals surface area contributed by atoms with Gasteiger partial charge < -0.3 is 4.52 Å². The molecule has 82 valence electrons. The fourth-order valence-corrected chi connectivity index (χ4v) is 2.14. The van der Waals surface area contributed by atoms with Crippen molar-refractivity contribution in [3.8, 4) is 6.07 Å². The molecule has 0 unspecified atom stereocenters. The highest BCUT2D eigenvalue weighted by atomic mass is 16.5. The minimum Gasteiger partial charge on any atom is -0.345 e. The van der Waals surface area contributed by atoms with Crippen LogP contribution in [0.15, 0.2) is 35.1 Å². The van der Waals surface area contributed by atoms with Gasteiger partial charge in [0, 0.05) is 10.8 Å². The van der Waals surface area contributed by atoms with Crippen molar-refractivity contribution in [2.45, 2.75) is 12.8 Å². The van der Waals surface area contributed by atoms with E-state index in [1.165, 1.54) is 5.56 Å². The zero-order valence-corrected chi connectivity index (χ0v) is 9.05. The summed E-state index contributed by atoms with van der Waals surface area (Å²) < 4.78 is 4.77. The minimum atomic E-state index is 0.697. The summed E-state index contributed by atoms with van der Waals surface area (Å²) in [5.74, 6) is 0. The molecule has 0 bridgehead atoms. The molecule has 0 saturated heterocycles. The SMILES string of the molecule is N#Cc1ccc2c(c1)CCC=C2c1conn1. The highest BCUT2D eigenvalue weighted by molar-refractivity contribution is 5.80. The van der Waals surface area contributed by atoms with Gasteiger partial charge in [-0.15, -0.1) is 5.10 Å². The number of nitriles is 1. The molecule has 0 N–H and O–H groups in total. The molecule has 0 radical (unpaired) electrons. The Kier molecular flexibility index (Phi) is 2.23. The maximum Gasteiger partial charge on any atom is 0.152 e. The van der Waals surface area contributed by atoms with Gasteiger partial charge in [0.2, 0.25) is 0 Å². The summed E-state index contributed by atoms with van der Waals surface area (Å²) in [5.41, 5.74) is 4.78. The van der Waals surface area contributed by atoms with Gasteiger partial charge in [0.15, 0.2) is 6.26 Å². The van der Waals surface area contributed by atoms with Crippen LogP contribution in [-0.2, 0) is 6.42 Å². The van der Waals surface area contributed by atoms with E-state index in [0.29, 0.717) is 5.56 Å². The monoisotopic (exact) mass is 223 g/mol. The Bertz CT molecular complexity index is 621. The number of nitrogens with zero attached hydrogens (tertiary/aromatic N) is 3. The zero-order chi connectivity index (χ0) is 11.7. The molecule has 0 atom stereocenters.